The van der Waals surface area contributed by atoms with Crippen molar-refractivity contribution in [2.75, 3.05) is 0 Å². The van der Waals surface area contributed by atoms with Crippen molar-refractivity contribution in [2.24, 2.45) is 0 Å². The van der Waals surface area contributed by atoms with E-state index in [9.17, 15) is 0 Å². The summed E-state index contributed by atoms with van der Waals surface area (Å²) in [6.45, 7) is 0. The molecular weight excluding hydrogens is 119 g/mol. The first-order valence-corrected chi connectivity index (χ1v) is 1.50. The van der Waals surface area contributed by atoms with E-state index in [2.05, 4.69) is 0 Å². The molecule has 5 heavy (non-hydrogen) atoms. The second-order valence-electron chi connectivity index (χ2n) is 0.204. The summed E-state index contributed by atoms with van der Waals surface area (Å²) in [5.41, 5.74) is 0. The Balaban J connectivity index is 0. The molecule has 0 aromatic rings. The van der Waals surface area contributed by atoms with Crippen LogP contribution in [0, 0.1) is 0 Å². The second-order valence-corrected chi connectivity index (χ2v) is 0.612. The van der Waals surface area contributed by atoms with Gasteiger partial charge in [-0.25, -0.2) is 0 Å². The van der Waals surface area contributed by atoms with Crippen molar-refractivity contribution in [3.05, 3.63) is 0 Å². The van der Waals surface area contributed by atoms with Gasteiger partial charge in [-0.1, -0.05) is 0 Å². The zero-order valence-electron chi connectivity index (χ0n) is 2.63. The van der Waals surface area contributed by atoms with Crippen LogP contribution in [0.25, 0.3) is 0 Å². The summed E-state index contributed by atoms with van der Waals surface area (Å²) in [6, 6.07) is 0. The Kier molecular flexibility index (Phi) is 11.3. The summed E-state index contributed by atoms with van der Waals surface area (Å²) in [6.07, 6.45) is 0. The molecular formula is KO3S-. The Labute approximate surface area is 74.7 Å². The van der Waals surface area contributed by atoms with Crippen LogP contribution in [0.1, 0.15) is 0 Å². The average molecular weight is 119 g/mol. The Morgan fingerprint density at radius 2 is 1.40 bits per heavy atom. The molecule has 0 spiro atoms. The topological polar surface area (TPSA) is 63.2 Å². The van der Waals surface area contributed by atoms with Crippen LogP contribution in [-0.2, 0) is 11.4 Å². The van der Waals surface area contributed by atoms with Gasteiger partial charge in [0.15, 0.2) is 0 Å². The average Bonchev–Trinajstić information content (AvgIpc) is 0.811. The van der Waals surface area contributed by atoms with Gasteiger partial charge in [0, 0.05) is 0 Å². The number of hydrogen-bond acceptors (Lipinski definition) is 3. The molecule has 0 aliphatic carbocycles. The Morgan fingerprint density at radius 1 is 1.40 bits per heavy atom. The largest absolute Gasteiger partial charge is 1.00 e. The summed E-state index contributed by atoms with van der Waals surface area (Å²) in [5, 5.41) is 0. The minimum absolute atomic E-state index is 0. The first-order valence-electron chi connectivity index (χ1n) is 0.500. The molecule has 0 atom stereocenters. The van der Waals surface area contributed by atoms with E-state index in [1.807, 2.05) is 0 Å². The smallest absolute Gasteiger partial charge is 0.784 e. The molecule has 0 amide bonds. The molecule has 0 unspecified atom stereocenters. The molecule has 0 radical (unpaired) electrons. The van der Waals surface area contributed by atoms with Crippen molar-refractivity contribution in [1.82, 2.24) is 0 Å². The van der Waals surface area contributed by atoms with E-state index in [1.165, 1.54) is 0 Å². The van der Waals surface area contributed by atoms with E-state index in [0.29, 0.717) is 0 Å². The maximum absolute atomic E-state index is 8.44. The van der Waals surface area contributed by atoms with Crippen LogP contribution in [0.4, 0.5) is 0 Å². The zero-order valence-corrected chi connectivity index (χ0v) is 6.57. The van der Waals surface area contributed by atoms with Crippen LogP contribution < -0.4 is 51.4 Å². The van der Waals surface area contributed by atoms with Gasteiger partial charge < -0.3 is 9.11 Å². The van der Waals surface area contributed by atoms with Crippen LogP contribution >= 0.6 is 0 Å². The van der Waals surface area contributed by atoms with Crippen molar-refractivity contribution >= 4 is 11.4 Å². The predicted molar refractivity (Wildman–Crippen MR) is 9.70 cm³/mol. The fourth-order valence-corrected chi connectivity index (χ4v) is 0. The maximum atomic E-state index is 8.44. The van der Waals surface area contributed by atoms with Crippen molar-refractivity contribution < 1.29 is 64.7 Å². The summed E-state index contributed by atoms with van der Waals surface area (Å²) in [7, 11) is 0. The van der Waals surface area contributed by atoms with E-state index in [4.69, 9.17) is 13.3 Å². The SMILES string of the molecule is O=S([O-])[O-].[K+]. The molecule has 0 aliphatic rings. The van der Waals surface area contributed by atoms with Crippen molar-refractivity contribution in [2.45, 2.75) is 0 Å². The van der Waals surface area contributed by atoms with Gasteiger partial charge in [0.2, 0.25) is 0 Å². The first kappa shape index (κ1) is 9.86. The van der Waals surface area contributed by atoms with E-state index in [1.54, 1.807) is 0 Å². The Hall–Kier alpha value is 1.71. The van der Waals surface area contributed by atoms with Gasteiger partial charge in [0.05, 0.1) is 0 Å². The van der Waals surface area contributed by atoms with Gasteiger partial charge in [0.1, 0.15) is 0 Å². The third kappa shape index (κ3) is 26.9. The Bertz CT molecular complexity index is 29.9. The van der Waals surface area contributed by atoms with E-state index >= 15 is 0 Å². The molecule has 0 aromatic carbocycles. The molecule has 0 rings (SSSR count). The predicted octanol–water partition coefficient (Wildman–Crippen LogP) is -4.00. The minimum atomic E-state index is -3.11. The molecule has 0 aliphatic heterocycles. The number of rotatable bonds is 0. The van der Waals surface area contributed by atoms with Crippen LogP contribution in [0.5, 0.6) is 0 Å². The summed E-state index contributed by atoms with van der Waals surface area (Å²) in [5.74, 6) is 0. The van der Waals surface area contributed by atoms with Crippen LogP contribution in [0.3, 0.4) is 0 Å². The van der Waals surface area contributed by atoms with Crippen LogP contribution in [0.2, 0.25) is 0 Å². The minimum Gasteiger partial charge on any atom is -0.784 e. The molecule has 5 heteroatoms. The fourth-order valence-electron chi connectivity index (χ4n) is 0. The Morgan fingerprint density at radius 3 is 1.40 bits per heavy atom. The van der Waals surface area contributed by atoms with Crippen molar-refractivity contribution in [3.8, 4) is 0 Å². The molecule has 0 fully saturated rings. The van der Waals surface area contributed by atoms with Crippen LogP contribution in [0.15, 0.2) is 0 Å². The van der Waals surface area contributed by atoms with Crippen molar-refractivity contribution in [3.63, 3.8) is 0 Å². The van der Waals surface area contributed by atoms with Gasteiger partial charge >= 0.3 is 51.4 Å². The summed E-state index contributed by atoms with van der Waals surface area (Å²) < 4.78 is 25.3. The van der Waals surface area contributed by atoms with E-state index < -0.39 is 11.4 Å². The number of hydrogen-bond donors (Lipinski definition) is 0. The van der Waals surface area contributed by atoms with Crippen LogP contribution in [-0.4, -0.2) is 13.3 Å². The molecule has 0 heterocycles. The van der Waals surface area contributed by atoms with Crippen molar-refractivity contribution in [1.29, 1.82) is 0 Å². The van der Waals surface area contributed by atoms with Gasteiger partial charge in [-0.2, -0.15) is 0 Å². The molecule has 0 saturated heterocycles. The molecule has 0 aromatic heterocycles. The van der Waals surface area contributed by atoms with Gasteiger partial charge in [-0.3, -0.25) is 4.21 Å². The standard InChI is InChI=1S/K.H2O3S/c;1-4(2)3/h;(H2,1,2,3)/q+1;/p-2. The van der Waals surface area contributed by atoms with Gasteiger partial charge in [0.25, 0.3) is 0 Å². The summed E-state index contributed by atoms with van der Waals surface area (Å²) in [4.78, 5) is 0. The maximum Gasteiger partial charge on any atom is 1.00 e. The molecule has 3 nitrogen and oxygen atoms in total. The quantitative estimate of drug-likeness (QED) is 0.241. The third-order valence-electron chi connectivity index (χ3n) is 0. The van der Waals surface area contributed by atoms with Gasteiger partial charge in [-0.15, -0.1) is 11.4 Å². The van der Waals surface area contributed by atoms with Gasteiger partial charge in [-0.05, 0) is 0 Å². The monoisotopic (exact) mass is 119 g/mol. The zero-order chi connectivity index (χ0) is 3.58. The third-order valence-corrected chi connectivity index (χ3v) is 0. The first-order chi connectivity index (χ1) is 1.73. The molecule has 0 N–H and O–H groups in total. The molecule has 0 saturated carbocycles. The molecule has 26 valence electrons. The normalized spacial score (nSPS) is 7.00. The van der Waals surface area contributed by atoms with E-state index in [0.717, 1.165) is 0 Å². The summed E-state index contributed by atoms with van der Waals surface area (Å²) >= 11 is -3.11. The van der Waals surface area contributed by atoms with E-state index in [-0.39, 0.29) is 51.4 Å². The fraction of sp³-hybridized carbons (Fsp3) is 0. The second kappa shape index (κ2) is 5.71. The molecule has 0 bridgehead atoms.